The van der Waals surface area contributed by atoms with Gasteiger partial charge in [-0.3, -0.25) is 4.98 Å². The lowest BCUT2D eigenvalue weighted by Crippen LogP contribution is -2.20. The third-order valence-electron chi connectivity index (χ3n) is 2.06. The Hall–Kier alpha value is -3.03. The van der Waals surface area contributed by atoms with Crippen LogP contribution in [0.15, 0.2) is 37.2 Å². The molecular weight excluding hydrogens is 250 g/mol. The standard InChI is InChI=1S/C11H9N5O3/c17-10(18)7-1-8(3-12-2-7)15-11(19)16-9-4-13-6-14-5-9/h1-6H,(H,17,18)(H2,15,16,19). The Kier molecular flexibility index (Phi) is 3.62. The van der Waals surface area contributed by atoms with E-state index in [0.717, 1.165) is 0 Å². The minimum atomic E-state index is -1.12. The second-order valence-corrected chi connectivity index (χ2v) is 3.47. The molecule has 2 aromatic rings. The molecule has 0 saturated carbocycles. The fourth-order valence-corrected chi connectivity index (χ4v) is 1.28. The van der Waals surface area contributed by atoms with Gasteiger partial charge in [-0.15, -0.1) is 0 Å². The highest BCUT2D eigenvalue weighted by Gasteiger charge is 2.07. The van der Waals surface area contributed by atoms with Crippen LogP contribution in [0.5, 0.6) is 0 Å². The number of carboxylic acid groups (broad SMARTS) is 1. The number of pyridine rings is 1. The van der Waals surface area contributed by atoms with Gasteiger partial charge in [-0.2, -0.15) is 0 Å². The minimum absolute atomic E-state index is 0.0131. The highest BCUT2D eigenvalue weighted by Crippen LogP contribution is 2.09. The molecule has 0 radical (unpaired) electrons. The minimum Gasteiger partial charge on any atom is -0.478 e. The summed E-state index contributed by atoms with van der Waals surface area (Å²) in [5.41, 5.74) is 0.678. The van der Waals surface area contributed by atoms with Crippen molar-refractivity contribution < 1.29 is 14.7 Å². The van der Waals surface area contributed by atoms with E-state index in [1.54, 1.807) is 0 Å². The van der Waals surface area contributed by atoms with Crippen LogP contribution in [0.2, 0.25) is 0 Å². The molecule has 0 aromatic carbocycles. The lowest BCUT2D eigenvalue weighted by atomic mass is 10.3. The van der Waals surface area contributed by atoms with Crippen molar-refractivity contribution in [3.05, 3.63) is 42.7 Å². The first-order valence-corrected chi connectivity index (χ1v) is 5.16. The first-order valence-electron chi connectivity index (χ1n) is 5.16. The number of nitrogens with one attached hydrogen (secondary N) is 2. The van der Waals surface area contributed by atoms with E-state index in [-0.39, 0.29) is 11.3 Å². The molecule has 0 unspecified atom stereocenters. The first-order chi connectivity index (χ1) is 9.15. The Morgan fingerprint density at radius 1 is 0.947 bits per heavy atom. The van der Waals surface area contributed by atoms with Crippen molar-refractivity contribution in [3.63, 3.8) is 0 Å². The van der Waals surface area contributed by atoms with E-state index in [0.29, 0.717) is 5.69 Å². The molecule has 0 aliphatic heterocycles. The van der Waals surface area contributed by atoms with Gasteiger partial charge in [0.2, 0.25) is 0 Å². The summed E-state index contributed by atoms with van der Waals surface area (Å²) in [7, 11) is 0. The number of carbonyl (C=O) groups is 2. The van der Waals surface area contributed by atoms with E-state index >= 15 is 0 Å². The number of nitrogens with zero attached hydrogens (tertiary/aromatic N) is 3. The maximum atomic E-state index is 11.6. The predicted octanol–water partition coefficient (Wildman–Crippen LogP) is 1.21. The van der Waals surface area contributed by atoms with Gasteiger partial charge >= 0.3 is 12.0 Å². The van der Waals surface area contributed by atoms with Crippen molar-refractivity contribution in [2.24, 2.45) is 0 Å². The Labute approximate surface area is 107 Å². The highest BCUT2D eigenvalue weighted by molar-refractivity contribution is 6.00. The summed E-state index contributed by atoms with van der Waals surface area (Å²) in [5.74, 6) is -1.12. The van der Waals surface area contributed by atoms with E-state index < -0.39 is 12.0 Å². The Bertz CT molecular complexity index is 602. The van der Waals surface area contributed by atoms with Crippen molar-refractivity contribution in [1.82, 2.24) is 15.0 Å². The van der Waals surface area contributed by atoms with Crippen LogP contribution in [0.1, 0.15) is 10.4 Å². The van der Waals surface area contributed by atoms with Gasteiger partial charge in [0.25, 0.3) is 0 Å². The molecule has 0 aliphatic carbocycles. The number of hydrogen-bond donors (Lipinski definition) is 3. The number of anilines is 2. The molecule has 3 N–H and O–H groups in total. The summed E-state index contributed by atoms with van der Waals surface area (Å²) in [4.78, 5) is 33.5. The fraction of sp³-hybridized carbons (Fsp3) is 0. The third-order valence-corrected chi connectivity index (χ3v) is 2.06. The molecule has 96 valence electrons. The average molecular weight is 259 g/mol. The maximum Gasteiger partial charge on any atom is 0.337 e. The first kappa shape index (κ1) is 12.4. The maximum absolute atomic E-state index is 11.6. The summed E-state index contributed by atoms with van der Waals surface area (Å²) >= 11 is 0. The predicted molar refractivity (Wildman–Crippen MR) is 65.9 cm³/mol. The van der Waals surface area contributed by atoms with Crippen LogP contribution in [0, 0.1) is 0 Å². The number of hydrogen-bond acceptors (Lipinski definition) is 5. The van der Waals surface area contributed by atoms with E-state index in [1.807, 2.05) is 0 Å². The Morgan fingerprint density at radius 2 is 1.58 bits per heavy atom. The monoisotopic (exact) mass is 259 g/mol. The zero-order valence-electron chi connectivity index (χ0n) is 9.57. The van der Waals surface area contributed by atoms with Gasteiger partial charge in [0.1, 0.15) is 6.33 Å². The molecule has 2 rings (SSSR count). The van der Waals surface area contributed by atoms with Crippen molar-refractivity contribution in [2.75, 3.05) is 10.6 Å². The van der Waals surface area contributed by atoms with E-state index in [4.69, 9.17) is 5.11 Å². The molecule has 0 atom stereocenters. The van der Waals surface area contributed by atoms with Gasteiger partial charge in [-0.05, 0) is 6.07 Å². The lowest BCUT2D eigenvalue weighted by Gasteiger charge is -2.06. The second-order valence-electron chi connectivity index (χ2n) is 3.47. The molecule has 0 saturated heterocycles. The zero-order valence-corrected chi connectivity index (χ0v) is 9.57. The number of carboxylic acids is 1. The smallest absolute Gasteiger partial charge is 0.337 e. The number of aromatic carboxylic acids is 1. The van der Waals surface area contributed by atoms with Crippen LogP contribution in [0.3, 0.4) is 0 Å². The van der Waals surface area contributed by atoms with Gasteiger partial charge in [0, 0.05) is 6.20 Å². The molecule has 8 nitrogen and oxygen atoms in total. The molecule has 0 aliphatic rings. The van der Waals surface area contributed by atoms with Gasteiger partial charge in [0.05, 0.1) is 35.5 Å². The summed E-state index contributed by atoms with van der Waals surface area (Å²) in [6.07, 6.45) is 6.73. The molecule has 0 spiro atoms. The number of urea groups is 1. The molecule has 0 bridgehead atoms. The highest BCUT2D eigenvalue weighted by atomic mass is 16.4. The molecule has 19 heavy (non-hydrogen) atoms. The van der Waals surface area contributed by atoms with Gasteiger partial charge < -0.3 is 15.7 Å². The molecule has 2 heterocycles. The number of carbonyl (C=O) groups excluding carboxylic acids is 1. The van der Waals surface area contributed by atoms with Crippen LogP contribution in [-0.4, -0.2) is 32.1 Å². The molecule has 0 fully saturated rings. The van der Waals surface area contributed by atoms with Crippen LogP contribution in [0.4, 0.5) is 16.2 Å². The topological polar surface area (TPSA) is 117 Å². The number of aromatic nitrogens is 3. The summed E-state index contributed by atoms with van der Waals surface area (Å²) < 4.78 is 0. The normalized spacial score (nSPS) is 9.68. The number of rotatable bonds is 3. The summed E-state index contributed by atoms with van der Waals surface area (Å²) in [5, 5.41) is 13.7. The third kappa shape index (κ3) is 3.46. The van der Waals surface area contributed by atoms with Gasteiger partial charge in [-0.1, -0.05) is 0 Å². The molecule has 2 aromatic heterocycles. The quantitative estimate of drug-likeness (QED) is 0.762. The molecule has 2 amide bonds. The van der Waals surface area contributed by atoms with Crippen LogP contribution < -0.4 is 10.6 Å². The number of amides is 2. The van der Waals surface area contributed by atoms with Crippen LogP contribution in [0.25, 0.3) is 0 Å². The average Bonchev–Trinajstić information content (AvgIpc) is 2.40. The zero-order chi connectivity index (χ0) is 13.7. The van der Waals surface area contributed by atoms with E-state index in [1.165, 1.54) is 37.2 Å². The molecule has 8 heteroatoms. The Balaban J connectivity index is 2.03. The van der Waals surface area contributed by atoms with Crippen LogP contribution >= 0.6 is 0 Å². The SMILES string of the molecule is O=C(Nc1cncnc1)Nc1cncc(C(=O)O)c1. The summed E-state index contributed by atoms with van der Waals surface area (Å²) in [6, 6.07) is 0.760. The van der Waals surface area contributed by atoms with Crippen molar-refractivity contribution >= 4 is 23.4 Å². The van der Waals surface area contributed by atoms with E-state index in [2.05, 4.69) is 25.6 Å². The van der Waals surface area contributed by atoms with Crippen molar-refractivity contribution in [1.29, 1.82) is 0 Å². The second kappa shape index (κ2) is 5.54. The fourth-order valence-electron chi connectivity index (χ4n) is 1.28. The largest absolute Gasteiger partial charge is 0.478 e. The van der Waals surface area contributed by atoms with Crippen LogP contribution in [-0.2, 0) is 0 Å². The summed E-state index contributed by atoms with van der Waals surface area (Å²) in [6.45, 7) is 0. The van der Waals surface area contributed by atoms with Gasteiger partial charge in [0.15, 0.2) is 0 Å². The van der Waals surface area contributed by atoms with Crippen molar-refractivity contribution in [3.8, 4) is 0 Å². The van der Waals surface area contributed by atoms with Crippen molar-refractivity contribution in [2.45, 2.75) is 0 Å². The van der Waals surface area contributed by atoms with E-state index in [9.17, 15) is 9.59 Å². The lowest BCUT2D eigenvalue weighted by molar-refractivity contribution is 0.0696. The Morgan fingerprint density at radius 3 is 2.26 bits per heavy atom. The van der Waals surface area contributed by atoms with Gasteiger partial charge in [-0.25, -0.2) is 19.6 Å². The molecular formula is C11H9N5O3.